The molecule has 1 fully saturated rings. The molecule has 0 aromatic heterocycles. The van der Waals surface area contributed by atoms with Gasteiger partial charge in [-0.2, -0.15) is 0 Å². The van der Waals surface area contributed by atoms with Crippen LogP contribution in [0.5, 0.6) is 0 Å². The van der Waals surface area contributed by atoms with Gasteiger partial charge in [0.15, 0.2) is 0 Å². The zero-order valence-electron chi connectivity index (χ0n) is 8.71. The molecule has 1 aromatic carbocycles. The average molecular weight is 323 g/mol. The maximum absolute atomic E-state index is 11.9. The van der Waals surface area contributed by atoms with Crippen molar-refractivity contribution in [1.29, 1.82) is 0 Å². The average Bonchev–Trinajstić information content (AvgIpc) is 2.16. The van der Waals surface area contributed by atoms with E-state index in [4.69, 9.17) is 11.6 Å². The third kappa shape index (κ3) is 3.29. The molecule has 0 saturated carbocycles. The van der Waals surface area contributed by atoms with Crippen molar-refractivity contribution in [2.45, 2.75) is 5.75 Å². The van der Waals surface area contributed by atoms with E-state index < -0.39 is 10.8 Å². The van der Waals surface area contributed by atoms with Crippen molar-refractivity contribution in [3.05, 3.63) is 33.3 Å². The Kier molecular flexibility index (Phi) is 4.41. The van der Waals surface area contributed by atoms with Crippen LogP contribution in [-0.2, 0) is 16.6 Å². The summed E-state index contributed by atoms with van der Waals surface area (Å²) in [4.78, 5) is 0. The quantitative estimate of drug-likeness (QED) is 0.923. The molecule has 0 radical (unpaired) electrons. The topological polar surface area (TPSA) is 29.1 Å². The van der Waals surface area contributed by atoms with Gasteiger partial charge < -0.3 is 5.32 Å². The number of hydrogen-bond acceptors (Lipinski definition) is 2. The van der Waals surface area contributed by atoms with E-state index in [1.165, 1.54) is 0 Å². The largest absolute Gasteiger partial charge is 0.316 e. The molecule has 2 nitrogen and oxygen atoms in total. The molecule has 1 aromatic rings. The van der Waals surface area contributed by atoms with Gasteiger partial charge in [0.2, 0.25) is 0 Å². The highest BCUT2D eigenvalue weighted by Gasteiger charge is 2.19. The summed E-state index contributed by atoms with van der Waals surface area (Å²) in [6.07, 6.45) is 0. The molecule has 1 aliphatic heterocycles. The molecule has 5 heteroatoms. The van der Waals surface area contributed by atoms with Gasteiger partial charge in [0, 0.05) is 39.1 Å². The van der Waals surface area contributed by atoms with E-state index in [0.29, 0.717) is 16.7 Å². The predicted octanol–water partition coefficient (Wildman–Crippen LogP) is 2.57. The lowest BCUT2D eigenvalue weighted by Crippen LogP contribution is -2.44. The molecule has 0 aliphatic carbocycles. The van der Waals surface area contributed by atoms with Gasteiger partial charge in [-0.25, -0.2) is 0 Å². The van der Waals surface area contributed by atoms with Gasteiger partial charge >= 0.3 is 0 Å². The number of halogens is 2. The Morgan fingerprint density at radius 1 is 1.50 bits per heavy atom. The van der Waals surface area contributed by atoms with Crippen molar-refractivity contribution in [3.8, 4) is 0 Å². The van der Waals surface area contributed by atoms with Crippen LogP contribution in [0.25, 0.3) is 0 Å². The Labute approximate surface area is 111 Å². The third-order valence-corrected chi connectivity index (χ3v) is 4.94. The maximum atomic E-state index is 11.9. The molecule has 1 atom stereocenters. The molecule has 1 unspecified atom stereocenters. The molecule has 1 N–H and O–H groups in total. The number of hydrogen-bond donors (Lipinski definition) is 1. The normalized spacial score (nSPS) is 18.1. The molecule has 1 aliphatic rings. The molecular weight excluding hydrogens is 310 g/mol. The Balaban J connectivity index is 1.94. The second-order valence-electron chi connectivity index (χ2n) is 4.01. The van der Waals surface area contributed by atoms with Crippen molar-refractivity contribution in [2.24, 2.45) is 5.92 Å². The van der Waals surface area contributed by atoms with Crippen molar-refractivity contribution in [2.75, 3.05) is 18.8 Å². The van der Waals surface area contributed by atoms with Crippen LogP contribution in [0.2, 0.25) is 5.02 Å². The molecule has 0 amide bonds. The summed E-state index contributed by atoms with van der Waals surface area (Å²) in [5.74, 6) is 1.91. The van der Waals surface area contributed by atoms with Gasteiger partial charge in [0.05, 0.1) is 5.75 Å². The van der Waals surface area contributed by atoms with Crippen molar-refractivity contribution < 1.29 is 4.21 Å². The third-order valence-electron chi connectivity index (χ3n) is 2.62. The molecular formula is C11H13BrClNOS. The van der Waals surface area contributed by atoms with Crippen molar-refractivity contribution in [3.63, 3.8) is 0 Å². The van der Waals surface area contributed by atoms with E-state index in [2.05, 4.69) is 21.2 Å². The Morgan fingerprint density at radius 3 is 2.81 bits per heavy atom. The first-order valence-electron chi connectivity index (χ1n) is 5.15. The maximum Gasteiger partial charge on any atom is 0.0500 e. The number of rotatable bonds is 4. The lowest BCUT2D eigenvalue weighted by Gasteiger charge is -2.26. The van der Waals surface area contributed by atoms with E-state index in [1.54, 1.807) is 0 Å². The molecule has 2 rings (SSSR count). The monoisotopic (exact) mass is 321 g/mol. The zero-order valence-corrected chi connectivity index (χ0v) is 11.9. The van der Waals surface area contributed by atoms with E-state index in [0.717, 1.165) is 28.9 Å². The fourth-order valence-corrected chi connectivity index (χ4v) is 3.90. The zero-order chi connectivity index (χ0) is 11.5. The van der Waals surface area contributed by atoms with Crippen LogP contribution in [0.15, 0.2) is 22.7 Å². The van der Waals surface area contributed by atoms with Crippen LogP contribution in [0.4, 0.5) is 0 Å². The van der Waals surface area contributed by atoms with E-state index in [9.17, 15) is 4.21 Å². The second-order valence-corrected chi connectivity index (χ2v) is 6.84. The van der Waals surface area contributed by atoms with Crippen LogP contribution < -0.4 is 5.32 Å². The van der Waals surface area contributed by atoms with Crippen LogP contribution >= 0.6 is 27.5 Å². The molecule has 0 spiro atoms. The minimum atomic E-state index is -0.806. The van der Waals surface area contributed by atoms with Gasteiger partial charge in [-0.05, 0) is 23.6 Å². The van der Waals surface area contributed by atoms with Gasteiger partial charge in [-0.1, -0.05) is 33.6 Å². The van der Waals surface area contributed by atoms with Crippen LogP contribution in [0, 0.1) is 5.92 Å². The predicted molar refractivity (Wildman–Crippen MR) is 72.2 cm³/mol. The highest BCUT2D eigenvalue weighted by atomic mass is 79.9. The fourth-order valence-electron chi connectivity index (χ4n) is 1.60. The van der Waals surface area contributed by atoms with E-state index in [-0.39, 0.29) is 0 Å². The standard InChI is InChI=1S/C11H13BrClNOS/c12-10-2-1-9(11(13)3-10)7-16(15)6-8-4-14-5-8/h1-3,8,14H,4-7H2. The lowest BCUT2D eigenvalue weighted by atomic mass is 10.1. The number of benzene rings is 1. The summed E-state index contributed by atoms with van der Waals surface area (Å²) in [7, 11) is -0.806. The van der Waals surface area contributed by atoms with Crippen molar-refractivity contribution in [1.82, 2.24) is 5.32 Å². The Bertz CT molecular complexity index is 409. The van der Waals surface area contributed by atoms with Gasteiger partial charge in [0.1, 0.15) is 0 Å². The number of nitrogens with one attached hydrogen (secondary N) is 1. The first kappa shape index (κ1) is 12.6. The van der Waals surface area contributed by atoms with Crippen LogP contribution in [0.3, 0.4) is 0 Å². The van der Waals surface area contributed by atoms with Crippen LogP contribution in [-0.4, -0.2) is 23.1 Å². The van der Waals surface area contributed by atoms with E-state index >= 15 is 0 Å². The van der Waals surface area contributed by atoms with Crippen LogP contribution in [0.1, 0.15) is 5.56 Å². The molecule has 88 valence electrons. The minimum absolute atomic E-state index is 0.558. The first-order chi connectivity index (χ1) is 7.65. The SMILES string of the molecule is O=S(Cc1ccc(Br)cc1Cl)CC1CNC1. The summed E-state index contributed by atoms with van der Waals surface area (Å²) >= 11 is 9.44. The smallest absolute Gasteiger partial charge is 0.0500 e. The van der Waals surface area contributed by atoms with Gasteiger partial charge in [0.25, 0.3) is 0 Å². The second kappa shape index (κ2) is 5.63. The van der Waals surface area contributed by atoms with Gasteiger partial charge in [-0.3, -0.25) is 4.21 Å². The molecule has 16 heavy (non-hydrogen) atoms. The summed E-state index contributed by atoms with van der Waals surface area (Å²) in [5.41, 5.74) is 0.968. The van der Waals surface area contributed by atoms with Gasteiger partial charge in [-0.15, -0.1) is 0 Å². The lowest BCUT2D eigenvalue weighted by molar-refractivity contribution is 0.382. The minimum Gasteiger partial charge on any atom is -0.316 e. The fraction of sp³-hybridized carbons (Fsp3) is 0.455. The molecule has 1 saturated heterocycles. The Hall–Kier alpha value is 0.1000. The molecule has 1 heterocycles. The summed E-state index contributed by atoms with van der Waals surface area (Å²) in [6, 6.07) is 5.71. The summed E-state index contributed by atoms with van der Waals surface area (Å²) in [6.45, 7) is 2.00. The van der Waals surface area contributed by atoms with E-state index in [1.807, 2.05) is 18.2 Å². The Morgan fingerprint density at radius 2 is 2.25 bits per heavy atom. The summed E-state index contributed by atoms with van der Waals surface area (Å²) in [5, 5.41) is 3.87. The highest BCUT2D eigenvalue weighted by Crippen LogP contribution is 2.23. The van der Waals surface area contributed by atoms with Crippen molar-refractivity contribution >= 4 is 38.3 Å². The highest BCUT2D eigenvalue weighted by molar-refractivity contribution is 9.10. The first-order valence-corrected chi connectivity index (χ1v) is 7.80. The molecule has 0 bridgehead atoms. The summed E-state index contributed by atoms with van der Waals surface area (Å²) < 4.78 is 12.8.